The molecule has 0 saturated heterocycles. The molecule has 0 amide bonds. The first-order valence-electron chi connectivity index (χ1n) is 6.52. The van der Waals surface area contributed by atoms with E-state index in [1.54, 1.807) is 12.1 Å². The minimum atomic E-state index is -0.456. The zero-order valence-corrected chi connectivity index (χ0v) is 11.8. The standard InChI is InChI=1S/C13H19N3O2S/c1-2-19-11-5-3-9(7-11)15-10-4-6-13(16(17)18)12(14)8-10/h4,6,8-9,11,15H,2-3,5,7,14H2,1H3. The maximum atomic E-state index is 10.7. The van der Waals surface area contributed by atoms with Gasteiger partial charge in [-0.25, -0.2) is 0 Å². The Kier molecular flexibility index (Phi) is 4.52. The van der Waals surface area contributed by atoms with Gasteiger partial charge in [-0.3, -0.25) is 10.1 Å². The van der Waals surface area contributed by atoms with Crippen molar-refractivity contribution in [3.63, 3.8) is 0 Å². The van der Waals surface area contributed by atoms with Crippen LogP contribution in [0.5, 0.6) is 0 Å². The summed E-state index contributed by atoms with van der Waals surface area (Å²) < 4.78 is 0. The second kappa shape index (κ2) is 6.14. The first kappa shape index (κ1) is 14.0. The van der Waals surface area contributed by atoms with Crippen molar-refractivity contribution in [2.24, 2.45) is 0 Å². The summed E-state index contributed by atoms with van der Waals surface area (Å²) >= 11 is 2.01. The Bertz CT molecular complexity index is 467. The Balaban J connectivity index is 1.97. The average Bonchev–Trinajstić information content (AvgIpc) is 2.76. The van der Waals surface area contributed by atoms with E-state index in [1.807, 2.05) is 11.8 Å². The largest absolute Gasteiger partial charge is 0.393 e. The van der Waals surface area contributed by atoms with Gasteiger partial charge in [-0.15, -0.1) is 0 Å². The fourth-order valence-electron chi connectivity index (χ4n) is 2.50. The van der Waals surface area contributed by atoms with Crippen LogP contribution in [0.3, 0.4) is 0 Å². The molecular weight excluding hydrogens is 262 g/mol. The number of nitro benzene ring substituents is 1. The summed E-state index contributed by atoms with van der Waals surface area (Å²) in [5.74, 6) is 1.15. The summed E-state index contributed by atoms with van der Waals surface area (Å²) in [6.07, 6.45) is 3.53. The molecule has 104 valence electrons. The summed E-state index contributed by atoms with van der Waals surface area (Å²) in [5, 5.41) is 14.8. The van der Waals surface area contributed by atoms with Crippen molar-refractivity contribution in [3.8, 4) is 0 Å². The molecule has 2 unspecified atom stereocenters. The molecule has 1 aromatic rings. The molecular formula is C13H19N3O2S. The number of nitrogens with two attached hydrogens (primary N) is 1. The van der Waals surface area contributed by atoms with Crippen LogP contribution in [-0.4, -0.2) is 22.0 Å². The van der Waals surface area contributed by atoms with E-state index in [2.05, 4.69) is 12.2 Å². The molecule has 19 heavy (non-hydrogen) atoms. The predicted molar refractivity (Wildman–Crippen MR) is 80.7 cm³/mol. The number of hydrogen-bond acceptors (Lipinski definition) is 5. The minimum Gasteiger partial charge on any atom is -0.393 e. The highest BCUT2D eigenvalue weighted by molar-refractivity contribution is 7.99. The van der Waals surface area contributed by atoms with Crippen LogP contribution in [0.2, 0.25) is 0 Å². The van der Waals surface area contributed by atoms with E-state index >= 15 is 0 Å². The van der Waals surface area contributed by atoms with Crippen molar-refractivity contribution in [2.75, 3.05) is 16.8 Å². The number of thioether (sulfide) groups is 1. The van der Waals surface area contributed by atoms with Gasteiger partial charge in [0.15, 0.2) is 0 Å². The Morgan fingerprint density at radius 2 is 2.32 bits per heavy atom. The first-order valence-corrected chi connectivity index (χ1v) is 7.57. The van der Waals surface area contributed by atoms with Gasteiger partial charge in [0, 0.05) is 23.0 Å². The highest BCUT2D eigenvalue weighted by Crippen LogP contribution is 2.32. The third kappa shape index (κ3) is 3.53. The summed E-state index contributed by atoms with van der Waals surface area (Å²) in [4.78, 5) is 10.2. The van der Waals surface area contributed by atoms with Crippen LogP contribution in [0.25, 0.3) is 0 Å². The van der Waals surface area contributed by atoms with E-state index < -0.39 is 4.92 Å². The molecule has 3 N–H and O–H groups in total. The maximum Gasteiger partial charge on any atom is 0.292 e. The minimum absolute atomic E-state index is 0.0311. The van der Waals surface area contributed by atoms with Crippen LogP contribution in [0.4, 0.5) is 17.1 Å². The molecule has 6 heteroatoms. The van der Waals surface area contributed by atoms with Gasteiger partial charge in [-0.1, -0.05) is 6.92 Å². The van der Waals surface area contributed by atoms with Crippen molar-refractivity contribution in [3.05, 3.63) is 28.3 Å². The van der Waals surface area contributed by atoms with E-state index in [-0.39, 0.29) is 11.4 Å². The fraction of sp³-hybridized carbons (Fsp3) is 0.538. The van der Waals surface area contributed by atoms with Gasteiger partial charge in [-0.2, -0.15) is 11.8 Å². The number of benzene rings is 1. The monoisotopic (exact) mass is 281 g/mol. The normalized spacial score (nSPS) is 22.4. The van der Waals surface area contributed by atoms with E-state index in [4.69, 9.17) is 5.73 Å². The zero-order valence-electron chi connectivity index (χ0n) is 11.0. The molecule has 1 aliphatic rings. The van der Waals surface area contributed by atoms with Gasteiger partial charge < -0.3 is 11.1 Å². The Labute approximate surface area is 117 Å². The lowest BCUT2D eigenvalue weighted by atomic mass is 10.2. The highest BCUT2D eigenvalue weighted by atomic mass is 32.2. The molecule has 0 aliphatic heterocycles. The number of nitrogens with one attached hydrogen (secondary N) is 1. The molecule has 1 aromatic carbocycles. The molecule has 0 aromatic heterocycles. The van der Waals surface area contributed by atoms with Crippen LogP contribution >= 0.6 is 11.8 Å². The molecule has 2 rings (SSSR count). The highest BCUT2D eigenvalue weighted by Gasteiger charge is 2.24. The Morgan fingerprint density at radius 3 is 2.95 bits per heavy atom. The summed E-state index contributed by atoms with van der Waals surface area (Å²) in [5.41, 5.74) is 6.74. The van der Waals surface area contributed by atoms with Gasteiger partial charge in [0.1, 0.15) is 5.69 Å². The second-order valence-electron chi connectivity index (χ2n) is 4.76. The second-order valence-corrected chi connectivity index (χ2v) is 6.34. The van der Waals surface area contributed by atoms with Crippen LogP contribution in [0.1, 0.15) is 26.2 Å². The average molecular weight is 281 g/mol. The first-order chi connectivity index (χ1) is 9.10. The fourth-order valence-corrected chi connectivity index (χ4v) is 3.65. The summed E-state index contributed by atoms with van der Waals surface area (Å²) in [7, 11) is 0. The Morgan fingerprint density at radius 1 is 1.53 bits per heavy atom. The van der Waals surface area contributed by atoms with Crippen LogP contribution in [0.15, 0.2) is 18.2 Å². The smallest absolute Gasteiger partial charge is 0.292 e. The molecule has 0 bridgehead atoms. The third-order valence-corrected chi connectivity index (χ3v) is 4.61. The molecule has 1 saturated carbocycles. The van der Waals surface area contributed by atoms with Gasteiger partial charge in [0.2, 0.25) is 0 Å². The molecule has 2 atom stereocenters. The lowest BCUT2D eigenvalue weighted by Crippen LogP contribution is -2.16. The number of anilines is 2. The molecule has 0 radical (unpaired) electrons. The van der Waals surface area contributed by atoms with Crippen LogP contribution in [-0.2, 0) is 0 Å². The van der Waals surface area contributed by atoms with E-state index in [0.29, 0.717) is 6.04 Å². The maximum absolute atomic E-state index is 10.7. The lowest BCUT2D eigenvalue weighted by Gasteiger charge is -2.14. The third-order valence-electron chi connectivity index (χ3n) is 3.38. The van der Waals surface area contributed by atoms with Crippen LogP contribution < -0.4 is 11.1 Å². The van der Waals surface area contributed by atoms with Crippen molar-refractivity contribution in [2.45, 2.75) is 37.5 Å². The summed E-state index contributed by atoms with van der Waals surface area (Å²) in [6.45, 7) is 2.18. The molecule has 0 spiro atoms. The number of hydrogen-bond donors (Lipinski definition) is 2. The summed E-state index contributed by atoms with van der Waals surface area (Å²) in [6, 6.07) is 5.29. The van der Waals surface area contributed by atoms with Crippen molar-refractivity contribution >= 4 is 28.8 Å². The number of nitrogen functional groups attached to an aromatic ring is 1. The van der Waals surface area contributed by atoms with Gasteiger partial charge in [0.25, 0.3) is 5.69 Å². The quantitative estimate of drug-likeness (QED) is 0.492. The lowest BCUT2D eigenvalue weighted by molar-refractivity contribution is -0.383. The Hall–Kier alpha value is -1.43. The number of nitro groups is 1. The van der Waals surface area contributed by atoms with E-state index in [0.717, 1.165) is 29.5 Å². The predicted octanol–water partition coefficient (Wildman–Crippen LogP) is 3.26. The van der Waals surface area contributed by atoms with E-state index in [1.165, 1.54) is 12.5 Å². The SMILES string of the molecule is CCSC1CCC(Nc2ccc([N+](=O)[O-])c(N)c2)C1. The van der Waals surface area contributed by atoms with Gasteiger partial charge in [0.05, 0.1) is 4.92 Å². The van der Waals surface area contributed by atoms with Gasteiger partial charge >= 0.3 is 0 Å². The topological polar surface area (TPSA) is 81.2 Å². The van der Waals surface area contributed by atoms with E-state index in [9.17, 15) is 10.1 Å². The number of nitrogens with zero attached hydrogens (tertiary/aromatic N) is 1. The molecule has 1 fully saturated rings. The number of rotatable bonds is 5. The van der Waals surface area contributed by atoms with Crippen molar-refractivity contribution in [1.29, 1.82) is 0 Å². The molecule has 1 aliphatic carbocycles. The molecule has 0 heterocycles. The van der Waals surface area contributed by atoms with Crippen molar-refractivity contribution in [1.82, 2.24) is 0 Å². The molecule has 5 nitrogen and oxygen atoms in total. The van der Waals surface area contributed by atoms with Crippen LogP contribution in [0, 0.1) is 10.1 Å². The van der Waals surface area contributed by atoms with Crippen molar-refractivity contribution < 1.29 is 4.92 Å². The van der Waals surface area contributed by atoms with Gasteiger partial charge in [-0.05, 0) is 37.1 Å². The zero-order chi connectivity index (χ0) is 13.8.